The van der Waals surface area contributed by atoms with Crippen molar-refractivity contribution in [3.8, 4) is 23.0 Å². The molecule has 1 aliphatic heterocycles. The first-order chi connectivity index (χ1) is 23.5. The molecule has 2 aromatic carbocycles. The summed E-state index contributed by atoms with van der Waals surface area (Å²) in [7, 11) is 6.00. The van der Waals surface area contributed by atoms with E-state index >= 15 is 0 Å². The van der Waals surface area contributed by atoms with Gasteiger partial charge in [-0.15, -0.1) is 0 Å². The summed E-state index contributed by atoms with van der Waals surface area (Å²) in [6.07, 6.45) is 3.16. The van der Waals surface area contributed by atoms with E-state index in [1.54, 1.807) is 38.2 Å². The molecule has 0 unspecified atom stereocenters. The fourth-order valence-corrected chi connectivity index (χ4v) is 7.24. The molecule has 14 heteroatoms. The fraction of sp³-hybridized carbons (Fsp3) is 0.314. The van der Waals surface area contributed by atoms with Crippen LogP contribution >= 0.6 is 0 Å². The van der Waals surface area contributed by atoms with E-state index in [1.807, 2.05) is 6.08 Å². The highest BCUT2D eigenvalue weighted by atomic mass is 16.5. The maximum Gasteiger partial charge on any atom is 0.347 e. The summed E-state index contributed by atoms with van der Waals surface area (Å²) in [6.45, 7) is 1.49. The smallest absolute Gasteiger partial charge is 0.347 e. The second kappa shape index (κ2) is 11.6. The summed E-state index contributed by atoms with van der Waals surface area (Å²) in [4.78, 5) is 72.7. The van der Waals surface area contributed by atoms with Gasteiger partial charge in [0.15, 0.2) is 34.6 Å². The van der Waals surface area contributed by atoms with Crippen LogP contribution in [0.1, 0.15) is 36.6 Å². The highest BCUT2D eigenvalue weighted by Gasteiger charge is 2.45. The van der Waals surface area contributed by atoms with E-state index in [9.17, 15) is 29.1 Å². The molecule has 2 atom stereocenters. The van der Waals surface area contributed by atoms with E-state index in [-0.39, 0.29) is 71.4 Å². The lowest BCUT2D eigenvalue weighted by Gasteiger charge is -2.39. The van der Waals surface area contributed by atoms with Gasteiger partial charge < -0.3 is 23.9 Å². The standard InChI is InChI=1S/C35H33N5O9/c1-17-12-26(42)31-20(32(17)43)14-23-19(30(31)18-6-7-25(41)27(13-18)47-3)8-11-39-34(45)38(35(46)40(23)39)10-9-21-33(44)37(2)24-16-29(49-5)28(48-4)15-22(24)36-21/h6-8,12-13,15-16,23,30,41H,9-11,14H2,1-5H3/t23-,30+/m1/s1. The van der Waals surface area contributed by atoms with Gasteiger partial charge in [-0.2, -0.15) is 0 Å². The molecule has 2 aromatic heterocycles. The molecular weight excluding hydrogens is 634 g/mol. The van der Waals surface area contributed by atoms with E-state index in [1.165, 1.54) is 47.4 Å². The molecule has 0 saturated heterocycles. The van der Waals surface area contributed by atoms with Crippen LogP contribution in [0.25, 0.3) is 11.0 Å². The number of hydrogen-bond acceptors (Lipinski definition) is 10. The molecule has 3 aliphatic rings. The molecular formula is C35H33N5O9. The summed E-state index contributed by atoms with van der Waals surface area (Å²) in [6, 6.07) is 7.27. The molecule has 14 nitrogen and oxygen atoms in total. The van der Waals surface area contributed by atoms with Crippen molar-refractivity contribution in [2.24, 2.45) is 7.05 Å². The van der Waals surface area contributed by atoms with Gasteiger partial charge in [-0.05, 0) is 36.3 Å². The molecule has 4 aromatic rings. The van der Waals surface area contributed by atoms with Crippen molar-refractivity contribution in [3.05, 3.63) is 107 Å². The Hall–Kier alpha value is -5.92. The number of aryl methyl sites for hydroxylation is 2. The molecule has 0 radical (unpaired) electrons. The van der Waals surface area contributed by atoms with Crippen LogP contribution in [0.3, 0.4) is 0 Å². The third-order valence-corrected chi connectivity index (χ3v) is 9.67. The van der Waals surface area contributed by atoms with Gasteiger partial charge in [0.05, 0.1) is 44.9 Å². The Bertz CT molecular complexity index is 2400. The molecule has 3 heterocycles. The van der Waals surface area contributed by atoms with Crippen molar-refractivity contribution >= 4 is 22.6 Å². The quantitative estimate of drug-likeness (QED) is 0.228. The van der Waals surface area contributed by atoms with Crippen molar-refractivity contribution < 1.29 is 28.9 Å². The topological polar surface area (TPSA) is 166 Å². The lowest BCUT2D eigenvalue weighted by atomic mass is 9.68. The minimum Gasteiger partial charge on any atom is -0.504 e. The van der Waals surface area contributed by atoms with Gasteiger partial charge in [-0.25, -0.2) is 28.5 Å². The van der Waals surface area contributed by atoms with Crippen LogP contribution in [0, 0.1) is 0 Å². The number of fused-ring (bicyclic) bond motifs is 4. The van der Waals surface area contributed by atoms with Crippen LogP contribution in [0.4, 0.5) is 0 Å². The largest absolute Gasteiger partial charge is 0.504 e. The van der Waals surface area contributed by atoms with Crippen LogP contribution in [0.5, 0.6) is 23.0 Å². The number of rotatable bonds is 7. The molecule has 0 bridgehead atoms. The van der Waals surface area contributed by atoms with Crippen molar-refractivity contribution in [2.45, 2.75) is 44.8 Å². The summed E-state index contributed by atoms with van der Waals surface area (Å²) in [5.41, 5.74) is 1.72. The van der Waals surface area contributed by atoms with Crippen molar-refractivity contribution in [2.75, 3.05) is 21.3 Å². The summed E-state index contributed by atoms with van der Waals surface area (Å²) in [5, 5.41) is 10.3. The van der Waals surface area contributed by atoms with E-state index in [0.717, 1.165) is 4.57 Å². The van der Waals surface area contributed by atoms with E-state index in [2.05, 4.69) is 4.98 Å². The average molecular weight is 668 g/mol. The molecule has 0 amide bonds. The van der Waals surface area contributed by atoms with Crippen LogP contribution in [0.2, 0.25) is 0 Å². The first-order valence-electron chi connectivity index (χ1n) is 15.6. The second-order valence-corrected chi connectivity index (χ2v) is 12.2. The van der Waals surface area contributed by atoms with Gasteiger partial charge in [-0.1, -0.05) is 12.1 Å². The SMILES string of the molecule is COc1cc([C@H]2C3=CCn4c(=O)n(CCc5nc6cc(OC)c(OC)cc6n(C)c5=O)c(=O)n4[C@@H]3CC3=C2C(=O)C=C(C)C3=O)ccc1O. The van der Waals surface area contributed by atoms with Crippen LogP contribution in [-0.2, 0) is 36.1 Å². The van der Waals surface area contributed by atoms with Gasteiger partial charge in [0, 0.05) is 61.2 Å². The summed E-state index contributed by atoms with van der Waals surface area (Å²) in [5.74, 6) is -0.378. The number of ether oxygens (including phenoxy) is 3. The minimum atomic E-state index is -0.754. The first kappa shape index (κ1) is 31.7. The van der Waals surface area contributed by atoms with Gasteiger partial charge in [0.2, 0.25) is 0 Å². The van der Waals surface area contributed by atoms with Crippen LogP contribution in [-0.4, -0.2) is 61.5 Å². The van der Waals surface area contributed by atoms with E-state index in [4.69, 9.17) is 14.2 Å². The Morgan fingerprint density at radius 3 is 2.37 bits per heavy atom. The molecule has 1 N–H and O–H groups in total. The van der Waals surface area contributed by atoms with Crippen molar-refractivity contribution in [3.63, 3.8) is 0 Å². The first-order valence-corrected chi connectivity index (χ1v) is 15.6. The van der Waals surface area contributed by atoms with Crippen molar-refractivity contribution in [1.82, 2.24) is 23.5 Å². The number of ketones is 2. The third kappa shape index (κ3) is 4.77. The molecule has 49 heavy (non-hydrogen) atoms. The number of Topliss-reactive ketones (excluding diaryl/α,β-unsaturated/α-hetero) is 1. The minimum absolute atomic E-state index is 0.0106. The van der Waals surface area contributed by atoms with Crippen molar-refractivity contribution in [1.29, 1.82) is 0 Å². The molecule has 2 aliphatic carbocycles. The lowest BCUT2D eigenvalue weighted by Crippen LogP contribution is -2.40. The summed E-state index contributed by atoms with van der Waals surface area (Å²) >= 11 is 0. The van der Waals surface area contributed by atoms with Gasteiger partial charge in [0.1, 0.15) is 5.69 Å². The number of benzene rings is 2. The van der Waals surface area contributed by atoms with E-state index < -0.39 is 23.3 Å². The Balaban J connectivity index is 1.30. The van der Waals surface area contributed by atoms with Gasteiger partial charge >= 0.3 is 11.4 Å². The number of phenols is 1. The molecule has 0 saturated carbocycles. The monoisotopic (exact) mass is 667 g/mol. The van der Waals surface area contributed by atoms with E-state index in [0.29, 0.717) is 39.2 Å². The second-order valence-electron chi connectivity index (χ2n) is 12.2. The van der Waals surface area contributed by atoms with Crippen LogP contribution < -0.4 is 31.1 Å². The molecule has 0 fully saturated rings. The highest BCUT2D eigenvalue weighted by Crippen LogP contribution is 2.50. The number of aromatic hydroxyl groups is 1. The van der Waals surface area contributed by atoms with Gasteiger partial charge in [0.25, 0.3) is 5.56 Å². The Morgan fingerprint density at radius 1 is 0.939 bits per heavy atom. The predicted molar refractivity (Wildman–Crippen MR) is 177 cm³/mol. The van der Waals surface area contributed by atoms with Gasteiger partial charge in [-0.3, -0.25) is 14.4 Å². The fourth-order valence-electron chi connectivity index (χ4n) is 7.24. The maximum absolute atomic E-state index is 14.1. The lowest BCUT2D eigenvalue weighted by molar-refractivity contribution is -0.116. The zero-order valence-electron chi connectivity index (χ0n) is 27.5. The maximum atomic E-state index is 14.1. The zero-order valence-corrected chi connectivity index (χ0v) is 27.5. The number of hydrogen-bond donors (Lipinski definition) is 1. The number of carbonyl (C=O) groups is 2. The Labute approximate surface area is 278 Å². The predicted octanol–water partition coefficient (Wildman–Crippen LogP) is 2.10. The Morgan fingerprint density at radius 2 is 1.65 bits per heavy atom. The number of phenolic OH excluding ortho intramolecular Hbond substituents is 1. The Kier molecular flexibility index (Phi) is 7.53. The number of allylic oxidation sites excluding steroid dienone is 6. The summed E-state index contributed by atoms with van der Waals surface area (Å²) < 4.78 is 21.3. The number of methoxy groups -OCH3 is 3. The highest BCUT2D eigenvalue weighted by molar-refractivity contribution is 6.23. The number of aromatic nitrogens is 5. The molecule has 7 rings (SSSR count). The normalized spacial score (nSPS) is 18.5. The molecule has 0 spiro atoms. The average Bonchev–Trinajstić information content (AvgIpc) is 3.35. The third-order valence-electron chi connectivity index (χ3n) is 9.67. The number of nitrogens with zero attached hydrogens (tertiary/aromatic N) is 5. The zero-order chi connectivity index (χ0) is 34.9. The van der Waals surface area contributed by atoms with Crippen LogP contribution in [0.15, 0.2) is 79.2 Å². The molecule has 252 valence electrons. The number of carbonyl (C=O) groups excluding carboxylic acids is 2.